The van der Waals surface area contributed by atoms with Gasteiger partial charge in [0.1, 0.15) is 0 Å². The molecule has 6 nitrogen and oxygen atoms in total. The van der Waals surface area contributed by atoms with E-state index in [1.54, 1.807) is 10.6 Å². The first-order chi connectivity index (χ1) is 10.1. The Bertz CT molecular complexity index is 652. The maximum atomic E-state index is 12.2. The molecule has 0 radical (unpaired) electrons. The molecule has 3 rings (SSSR count). The molecule has 0 spiro atoms. The Hall–Kier alpha value is -1.92. The standard InChI is InChI=1S/C15H20N4O2/c1-11-3-4-19-12(7-11)8-14(17-19)15(20)16-9-13-10-18(2)5-6-21-13/h3-4,7-8,13H,5-6,9-10H2,1-2H3,(H,16,20)/t13-/m0/s1. The maximum Gasteiger partial charge on any atom is 0.271 e. The van der Waals surface area contributed by atoms with Gasteiger partial charge in [0, 0.05) is 25.8 Å². The van der Waals surface area contributed by atoms with Crippen LogP contribution in [0.5, 0.6) is 0 Å². The van der Waals surface area contributed by atoms with E-state index >= 15 is 0 Å². The van der Waals surface area contributed by atoms with Crippen LogP contribution in [0.2, 0.25) is 0 Å². The van der Waals surface area contributed by atoms with E-state index < -0.39 is 0 Å². The summed E-state index contributed by atoms with van der Waals surface area (Å²) in [7, 11) is 2.06. The molecular weight excluding hydrogens is 268 g/mol. The lowest BCUT2D eigenvalue weighted by molar-refractivity contribution is -0.0175. The second-order valence-corrected chi connectivity index (χ2v) is 5.57. The molecule has 3 heterocycles. The van der Waals surface area contributed by atoms with Crippen molar-refractivity contribution in [3.05, 3.63) is 35.7 Å². The summed E-state index contributed by atoms with van der Waals surface area (Å²) in [4.78, 5) is 14.4. The van der Waals surface area contributed by atoms with Gasteiger partial charge in [-0.1, -0.05) is 0 Å². The molecule has 2 aromatic rings. The summed E-state index contributed by atoms with van der Waals surface area (Å²) in [6.45, 7) is 5.02. The number of likely N-dealkylation sites (N-methyl/N-ethyl adjacent to an activating group) is 1. The Labute approximate surface area is 123 Å². The third kappa shape index (κ3) is 3.22. The molecule has 1 atom stereocenters. The summed E-state index contributed by atoms with van der Waals surface area (Å²) >= 11 is 0. The van der Waals surface area contributed by atoms with Gasteiger partial charge in [0.25, 0.3) is 5.91 Å². The van der Waals surface area contributed by atoms with Gasteiger partial charge < -0.3 is 15.0 Å². The zero-order chi connectivity index (χ0) is 14.8. The second kappa shape index (κ2) is 5.83. The Morgan fingerprint density at radius 1 is 1.52 bits per heavy atom. The van der Waals surface area contributed by atoms with Crippen molar-refractivity contribution in [2.45, 2.75) is 13.0 Å². The number of aromatic nitrogens is 2. The fourth-order valence-corrected chi connectivity index (χ4v) is 2.50. The van der Waals surface area contributed by atoms with Crippen molar-refractivity contribution < 1.29 is 9.53 Å². The van der Waals surface area contributed by atoms with E-state index in [4.69, 9.17) is 4.74 Å². The number of pyridine rings is 1. The van der Waals surface area contributed by atoms with Crippen LogP contribution in [-0.4, -0.2) is 59.8 Å². The maximum absolute atomic E-state index is 12.2. The van der Waals surface area contributed by atoms with Crippen LogP contribution in [0, 0.1) is 6.92 Å². The number of fused-ring (bicyclic) bond motifs is 1. The molecule has 2 aromatic heterocycles. The Kier molecular flexibility index (Phi) is 3.90. The Balaban J connectivity index is 1.63. The first kappa shape index (κ1) is 14.0. The quantitative estimate of drug-likeness (QED) is 0.903. The molecule has 1 N–H and O–H groups in total. The highest BCUT2D eigenvalue weighted by molar-refractivity contribution is 5.93. The Morgan fingerprint density at radius 2 is 2.38 bits per heavy atom. The SMILES string of the molecule is Cc1ccn2nc(C(=O)NC[C@H]3CN(C)CCO3)cc2c1. The van der Waals surface area contributed by atoms with Gasteiger partial charge in [0.2, 0.25) is 0 Å². The number of hydrogen-bond donors (Lipinski definition) is 1. The van der Waals surface area contributed by atoms with Crippen LogP contribution < -0.4 is 5.32 Å². The number of morpholine rings is 1. The minimum atomic E-state index is -0.159. The molecule has 1 saturated heterocycles. The number of nitrogens with zero attached hydrogens (tertiary/aromatic N) is 3. The molecule has 0 saturated carbocycles. The number of hydrogen-bond acceptors (Lipinski definition) is 4. The van der Waals surface area contributed by atoms with Gasteiger partial charge >= 0.3 is 0 Å². The number of nitrogens with one attached hydrogen (secondary N) is 1. The zero-order valence-corrected chi connectivity index (χ0v) is 12.4. The van der Waals surface area contributed by atoms with E-state index in [9.17, 15) is 4.79 Å². The van der Waals surface area contributed by atoms with Gasteiger partial charge in [-0.15, -0.1) is 0 Å². The number of amides is 1. The number of carbonyl (C=O) groups excluding carboxylic acids is 1. The Morgan fingerprint density at radius 3 is 3.19 bits per heavy atom. The minimum absolute atomic E-state index is 0.0481. The van der Waals surface area contributed by atoms with Crippen molar-refractivity contribution in [2.24, 2.45) is 0 Å². The summed E-state index contributed by atoms with van der Waals surface area (Å²) in [5.41, 5.74) is 2.51. The molecular formula is C15H20N4O2. The lowest BCUT2D eigenvalue weighted by Crippen LogP contribution is -2.46. The summed E-state index contributed by atoms with van der Waals surface area (Å²) in [5, 5.41) is 7.18. The third-order valence-corrected chi connectivity index (χ3v) is 3.68. The first-order valence-electron chi connectivity index (χ1n) is 7.16. The van der Waals surface area contributed by atoms with Gasteiger partial charge in [-0.05, 0) is 37.7 Å². The monoisotopic (exact) mass is 288 g/mol. The van der Waals surface area contributed by atoms with Crippen molar-refractivity contribution in [3.63, 3.8) is 0 Å². The number of carbonyl (C=O) groups is 1. The van der Waals surface area contributed by atoms with Crippen LogP contribution in [0.1, 0.15) is 16.1 Å². The zero-order valence-electron chi connectivity index (χ0n) is 12.4. The number of ether oxygens (including phenoxy) is 1. The molecule has 0 aromatic carbocycles. The fraction of sp³-hybridized carbons (Fsp3) is 0.467. The molecule has 1 fully saturated rings. The molecule has 1 amide bonds. The van der Waals surface area contributed by atoms with Crippen LogP contribution in [0.25, 0.3) is 5.52 Å². The van der Waals surface area contributed by atoms with Gasteiger partial charge in [-0.2, -0.15) is 5.10 Å². The van der Waals surface area contributed by atoms with Gasteiger partial charge in [-0.3, -0.25) is 4.79 Å². The summed E-state index contributed by atoms with van der Waals surface area (Å²) in [6, 6.07) is 5.77. The van der Waals surface area contributed by atoms with Gasteiger partial charge in [0.05, 0.1) is 18.2 Å². The van der Waals surface area contributed by atoms with Gasteiger partial charge in [0.15, 0.2) is 5.69 Å². The highest BCUT2D eigenvalue weighted by Crippen LogP contribution is 2.09. The number of aryl methyl sites for hydroxylation is 1. The molecule has 112 valence electrons. The average Bonchev–Trinajstić information content (AvgIpc) is 2.88. The van der Waals surface area contributed by atoms with Crippen LogP contribution in [-0.2, 0) is 4.74 Å². The van der Waals surface area contributed by atoms with E-state index in [-0.39, 0.29) is 12.0 Å². The molecule has 1 aliphatic rings. The summed E-state index contributed by atoms with van der Waals surface area (Å²) in [5.74, 6) is -0.159. The lowest BCUT2D eigenvalue weighted by atomic mass is 10.2. The largest absolute Gasteiger partial charge is 0.374 e. The van der Waals surface area contributed by atoms with Crippen molar-refractivity contribution in [1.82, 2.24) is 19.8 Å². The fourth-order valence-electron chi connectivity index (χ4n) is 2.50. The molecule has 0 unspecified atom stereocenters. The first-order valence-corrected chi connectivity index (χ1v) is 7.16. The van der Waals surface area contributed by atoms with E-state index in [2.05, 4.69) is 22.4 Å². The van der Waals surface area contributed by atoms with E-state index in [0.29, 0.717) is 18.8 Å². The molecule has 0 aliphatic carbocycles. The molecule has 6 heteroatoms. The van der Waals surface area contributed by atoms with Crippen molar-refractivity contribution in [3.8, 4) is 0 Å². The predicted molar refractivity (Wildman–Crippen MR) is 79.5 cm³/mol. The van der Waals surface area contributed by atoms with Crippen molar-refractivity contribution in [1.29, 1.82) is 0 Å². The molecule has 21 heavy (non-hydrogen) atoms. The van der Waals surface area contributed by atoms with E-state index in [1.165, 1.54) is 0 Å². The topological polar surface area (TPSA) is 58.9 Å². The van der Waals surface area contributed by atoms with Crippen LogP contribution in [0.4, 0.5) is 0 Å². The van der Waals surface area contributed by atoms with Crippen LogP contribution >= 0.6 is 0 Å². The smallest absolute Gasteiger partial charge is 0.271 e. The predicted octanol–water partition coefficient (Wildman–Crippen LogP) is 0.703. The molecule has 0 bridgehead atoms. The third-order valence-electron chi connectivity index (χ3n) is 3.68. The average molecular weight is 288 g/mol. The number of rotatable bonds is 3. The highest BCUT2D eigenvalue weighted by atomic mass is 16.5. The van der Waals surface area contributed by atoms with Crippen LogP contribution in [0.15, 0.2) is 24.4 Å². The highest BCUT2D eigenvalue weighted by Gasteiger charge is 2.19. The minimum Gasteiger partial charge on any atom is -0.374 e. The second-order valence-electron chi connectivity index (χ2n) is 5.57. The van der Waals surface area contributed by atoms with Crippen molar-refractivity contribution in [2.75, 3.05) is 33.3 Å². The van der Waals surface area contributed by atoms with E-state index in [1.807, 2.05) is 25.3 Å². The van der Waals surface area contributed by atoms with Gasteiger partial charge in [-0.25, -0.2) is 4.52 Å². The molecule has 1 aliphatic heterocycles. The van der Waals surface area contributed by atoms with Crippen molar-refractivity contribution >= 4 is 11.4 Å². The lowest BCUT2D eigenvalue weighted by Gasteiger charge is -2.29. The summed E-state index contributed by atoms with van der Waals surface area (Å²) in [6.07, 6.45) is 1.91. The van der Waals surface area contributed by atoms with Crippen LogP contribution in [0.3, 0.4) is 0 Å². The van der Waals surface area contributed by atoms with E-state index in [0.717, 1.165) is 24.2 Å². The normalized spacial score (nSPS) is 19.8. The summed E-state index contributed by atoms with van der Waals surface area (Å²) < 4.78 is 7.34.